The Kier molecular flexibility index (Phi) is 8.14. The second-order valence-corrected chi connectivity index (χ2v) is 11.2. The SMILES string of the molecule is COc1ccc(S(=O)(=O)N(CC(=O)NCCSC(C)(C)C)c2ccccc2F)cc1. The molecule has 2 aromatic rings. The number of nitrogens with zero attached hydrogens (tertiary/aromatic N) is 1. The first-order valence-corrected chi connectivity index (χ1v) is 11.8. The van der Waals surface area contributed by atoms with Gasteiger partial charge in [-0.3, -0.25) is 9.10 Å². The van der Waals surface area contributed by atoms with Gasteiger partial charge in [-0.1, -0.05) is 32.9 Å². The standard InChI is InChI=1S/C21H27FN2O4S2/c1-21(2,3)29-14-13-23-20(25)15-24(19-8-6-5-7-18(19)22)30(26,27)17-11-9-16(28-4)10-12-17/h5-12H,13-15H2,1-4H3,(H,23,25). The summed E-state index contributed by atoms with van der Waals surface area (Å²) in [6.07, 6.45) is 0. The number of sulfonamides is 1. The number of hydrogen-bond donors (Lipinski definition) is 1. The van der Waals surface area contributed by atoms with Gasteiger partial charge in [0.1, 0.15) is 18.1 Å². The molecule has 0 aliphatic rings. The summed E-state index contributed by atoms with van der Waals surface area (Å²) < 4.78 is 46.8. The summed E-state index contributed by atoms with van der Waals surface area (Å²) in [5.41, 5.74) is -0.187. The fourth-order valence-corrected chi connectivity index (χ4v) is 4.81. The number of carbonyl (C=O) groups is 1. The van der Waals surface area contributed by atoms with Crippen LogP contribution in [0.5, 0.6) is 5.75 Å². The molecule has 0 aliphatic heterocycles. The Hall–Kier alpha value is -2.26. The Morgan fingerprint density at radius 2 is 1.77 bits per heavy atom. The Labute approximate surface area is 181 Å². The van der Waals surface area contributed by atoms with E-state index in [1.807, 2.05) is 0 Å². The van der Waals surface area contributed by atoms with E-state index in [9.17, 15) is 17.6 Å². The normalized spacial score (nSPS) is 11.8. The quantitative estimate of drug-likeness (QED) is 0.585. The van der Waals surface area contributed by atoms with E-state index in [-0.39, 0.29) is 15.3 Å². The smallest absolute Gasteiger partial charge is 0.264 e. The van der Waals surface area contributed by atoms with Gasteiger partial charge in [-0.2, -0.15) is 11.8 Å². The van der Waals surface area contributed by atoms with Gasteiger partial charge in [-0.15, -0.1) is 0 Å². The van der Waals surface area contributed by atoms with Crippen molar-refractivity contribution in [1.29, 1.82) is 0 Å². The van der Waals surface area contributed by atoms with Gasteiger partial charge in [0.25, 0.3) is 10.0 Å². The fourth-order valence-electron chi connectivity index (χ4n) is 2.56. The Morgan fingerprint density at radius 1 is 1.13 bits per heavy atom. The number of nitrogens with one attached hydrogen (secondary N) is 1. The molecule has 0 unspecified atom stereocenters. The van der Waals surface area contributed by atoms with Gasteiger partial charge in [-0.05, 0) is 36.4 Å². The maximum absolute atomic E-state index is 14.4. The number of thioether (sulfide) groups is 1. The molecule has 2 aromatic carbocycles. The maximum Gasteiger partial charge on any atom is 0.264 e. The minimum Gasteiger partial charge on any atom is -0.497 e. The monoisotopic (exact) mass is 454 g/mol. The number of ether oxygens (including phenoxy) is 1. The highest BCUT2D eigenvalue weighted by molar-refractivity contribution is 8.00. The summed E-state index contributed by atoms with van der Waals surface area (Å²) >= 11 is 1.68. The van der Waals surface area contributed by atoms with Crippen LogP contribution < -0.4 is 14.4 Å². The average molecular weight is 455 g/mol. The molecule has 0 fully saturated rings. The molecule has 0 spiro atoms. The Balaban J connectivity index is 2.25. The third kappa shape index (κ3) is 6.63. The molecule has 9 heteroatoms. The molecule has 1 amide bonds. The molecule has 0 heterocycles. The van der Waals surface area contributed by atoms with Crippen molar-refractivity contribution in [3.05, 3.63) is 54.3 Å². The number of anilines is 1. The van der Waals surface area contributed by atoms with Crippen LogP contribution in [-0.4, -0.2) is 45.0 Å². The van der Waals surface area contributed by atoms with E-state index < -0.39 is 28.3 Å². The summed E-state index contributed by atoms with van der Waals surface area (Å²) in [5.74, 6) is -0.0730. The van der Waals surface area contributed by atoms with Gasteiger partial charge in [0.2, 0.25) is 5.91 Å². The zero-order chi connectivity index (χ0) is 22.4. The number of amides is 1. The molecule has 0 radical (unpaired) electrons. The van der Waals surface area contributed by atoms with E-state index in [2.05, 4.69) is 26.1 Å². The van der Waals surface area contributed by atoms with E-state index in [4.69, 9.17) is 4.74 Å². The van der Waals surface area contributed by atoms with Crippen molar-refractivity contribution in [2.24, 2.45) is 0 Å². The minimum atomic E-state index is -4.18. The van der Waals surface area contributed by atoms with Gasteiger partial charge in [0.05, 0.1) is 17.7 Å². The molecule has 0 bridgehead atoms. The van der Waals surface area contributed by atoms with Gasteiger partial charge in [0, 0.05) is 17.0 Å². The first-order valence-electron chi connectivity index (χ1n) is 9.36. The van der Waals surface area contributed by atoms with Gasteiger partial charge >= 0.3 is 0 Å². The van der Waals surface area contributed by atoms with E-state index in [1.165, 1.54) is 49.6 Å². The number of methoxy groups -OCH3 is 1. The molecule has 2 rings (SSSR count). The first kappa shape index (κ1) is 24.0. The van der Waals surface area contributed by atoms with Crippen LogP contribution in [0.3, 0.4) is 0 Å². The van der Waals surface area contributed by atoms with Crippen molar-refractivity contribution in [1.82, 2.24) is 5.32 Å². The highest BCUT2D eigenvalue weighted by atomic mass is 32.2. The van der Waals surface area contributed by atoms with E-state index in [1.54, 1.807) is 11.8 Å². The summed E-state index contributed by atoms with van der Waals surface area (Å²) in [5, 5.41) is 2.71. The lowest BCUT2D eigenvalue weighted by atomic mass is 10.3. The highest BCUT2D eigenvalue weighted by Gasteiger charge is 2.29. The molecular weight excluding hydrogens is 427 g/mol. The van der Waals surface area contributed by atoms with E-state index in [0.29, 0.717) is 18.0 Å². The molecule has 0 saturated heterocycles. The number of para-hydroxylation sites is 1. The van der Waals surface area contributed by atoms with Crippen LogP contribution >= 0.6 is 11.8 Å². The fraction of sp³-hybridized carbons (Fsp3) is 0.381. The lowest BCUT2D eigenvalue weighted by molar-refractivity contribution is -0.119. The summed E-state index contributed by atoms with van der Waals surface area (Å²) in [4.78, 5) is 12.4. The van der Waals surface area contributed by atoms with Gasteiger partial charge < -0.3 is 10.1 Å². The van der Waals surface area contributed by atoms with Crippen molar-refractivity contribution in [3.8, 4) is 5.75 Å². The average Bonchev–Trinajstić information content (AvgIpc) is 2.69. The molecule has 0 aromatic heterocycles. The predicted molar refractivity (Wildman–Crippen MR) is 119 cm³/mol. The third-order valence-electron chi connectivity index (χ3n) is 4.02. The lowest BCUT2D eigenvalue weighted by Crippen LogP contribution is -2.42. The maximum atomic E-state index is 14.4. The van der Waals surface area contributed by atoms with Crippen LogP contribution in [0.15, 0.2) is 53.4 Å². The summed E-state index contributed by atoms with van der Waals surface area (Å²) in [7, 11) is -2.71. The summed E-state index contributed by atoms with van der Waals surface area (Å²) in [6, 6.07) is 11.2. The van der Waals surface area contributed by atoms with Crippen molar-refractivity contribution < 1.29 is 22.3 Å². The molecule has 30 heavy (non-hydrogen) atoms. The molecule has 0 aliphatic carbocycles. The predicted octanol–water partition coefficient (Wildman–Crippen LogP) is 3.68. The first-order chi connectivity index (χ1) is 14.0. The number of hydrogen-bond acceptors (Lipinski definition) is 5. The van der Waals surface area contributed by atoms with Crippen LogP contribution in [0.4, 0.5) is 10.1 Å². The molecule has 0 saturated carbocycles. The molecule has 0 atom stereocenters. The van der Waals surface area contributed by atoms with Crippen molar-refractivity contribution in [2.45, 2.75) is 30.4 Å². The molecular formula is C21H27FN2O4S2. The molecule has 6 nitrogen and oxygen atoms in total. The van der Waals surface area contributed by atoms with Crippen LogP contribution in [-0.2, 0) is 14.8 Å². The van der Waals surface area contributed by atoms with Crippen molar-refractivity contribution in [2.75, 3.05) is 30.3 Å². The van der Waals surface area contributed by atoms with Gasteiger partial charge in [0.15, 0.2) is 0 Å². The number of halogens is 1. The zero-order valence-corrected chi connectivity index (χ0v) is 19.1. The number of benzene rings is 2. The van der Waals surface area contributed by atoms with Gasteiger partial charge in [-0.25, -0.2) is 12.8 Å². The Bertz CT molecular complexity index is 958. The van der Waals surface area contributed by atoms with Crippen molar-refractivity contribution >= 4 is 33.4 Å². The third-order valence-corrected chi connectivity index (χ3v) is 7.06. The zero-order valence-electron chi connectivity index (χ0n) is 17.5. The number of carbonyl (C=O) groups excluding carboxylic acids is 1. The summed E-state index contributed by atoms with van der Waals surface area (Å²) in [6.45, 7) is 6.06. The van der Waals surface area contributed by atoms with E-state index in [0.717, 1.165) is 10.4 Å². The van der Waals surface area contributed by atoms with Crippen LogP contribution in [0.25, 0.3) is 0 Å². The minimum absolute atomic E-state index is 0.0572. The van der Waals surface area contributed by atoms with Crippen molar-refractivity contribution in [3.63, 3.8) is 0 Å². The number of rotatable bonds is 9. The van der Waals surface area contributed by atoms with Crippen LogP contribution in [0, 0.1) is 5.82 Å². The molecule has 1 N–H and O–H groups in total. The largest absolute Gasteiger partial charge is 0.497 e. The van der Waals surface area contributed by atoms with Crippen LogP contribution in [0.1, 0.15) is 20.8 Å². The lowest BCUT2D eigenvalue weighted by Gasteiger charge is -2.24. The van der Waals surface area contributed by atoms with Crippen LogP contribution in [0.2, 0.25) is 0 Å². The van der Waals surface area contributed by atoms with E-state index >= 15 is 0 Å². The highest BCUT2D eigenvalue weighted by Crippen LogP contribution is 2.27. The second-order valence-electron chi connectivity index (χ2n) is 7.45. The topological polar surface area (TPSA) is 75.7 Å². The Morgan fingerprint density at radius 3 is 2.33 bits per heavy atom. The molecule has 164 valence electrons. The second kappa shape index (κ2) is 10.2.